The smallest absolute Gasteiger partial charge is 0.269 e. The highest BCUT2D eigenvalue weighted by Crippen LogP contribution is 2.22. The molecular formula is C10H9N5O3. The molecular weight excluding hydrogens is 238 g/mol. The maximum Gasteiger partial charge on any atom is 0.269 e. The fourth-order valence-electron chi connectivity index (χ4n) is 1.22. The number of rotatable bonds is 4. The molecule has 0 aliphatic carbocycles. The number of hydrazine groups is 1. The van der Waals surface area contributed by atoms with E-state index in [0.717, 1.165) is 0 Å². The minimum absolute atomic E-state index is 0.00851. The van der Waals surface area contributed by atoms with E-state index in [2.05, 4.69) is 15.4 Å². The Hall–Kier alpha value is -2.74. The lowest BCUT2D eigenvalue weighted by Crippen LogP contribution is -2.08. The first-order valence-electron chi connectivity index (χ1n) is 4.90. The van der Waals surface area contributed by atoms with Crippen LogP contribution in [0.25, 0.3) is 0 Å². The summed E-state index contributed by atoms with van der Waals surface area (Å²) in [7, 11) is 0. The van der Waals surface area contributed by atoms with Crippen molar-refractivity contribution in [1.82, 2.24) is 9.97 Å². The Kier molecular flexibility index (Phi) is 3.30. The van der Waals surface area contributed by atoms with Crippen LogP contribution in [0.2, 0.25) is 0 Å². The number of aromatic nitrogens is 2. The van der Waals surface area contributed by atoms with Crippen molar-refractivity contribution in [3.8, 4) is 11.6 Å². The van der Waals surface area contributed by atoms with Gasteiger partial charge in [0.05, 0.1) is 17.3 Å². The number of benzene rings is 1. The molecule has 3 N–H and O–H groups in total. The highest BCUT2D eigenvalue weighted by atomic mass is 16.6. The Bertz CT molecular complexity index is 558. The van der Waals surface area contributed by atoms with Crippen LogP contribution in [0.1, 0.15) is 0 Å². The van der Waals surface area contributed by atoms with Gasteiger partial charge in [0.1, 0.15) is 5.75 Å². The summed E-state index contributed by atoms with van der Waals surface area (Å²) in [5, 5.41) is 10.5. The predicted molar refractivity (Wildman–Crippen MR) is 63.0 cm³/mol. The number of nitrogen functional groups attached to an aromatic ring is 1. The molecule has 2 aromatic rings. The van der Waals surface area contributed by atoms with E-state index < -0.39 is 4.92 Å². The van der Waals surface area contributed by atoms with Crippen molar-refractivity contribution in [3.63, 3.8) is 0 Å². The molecule has 0 saturated carbocycles. The molecule has 2 rings (SSSR count). The summed E-state index contributed by atoms with van der Waals surface area (Å²) in [6.45, 7) is 0. The Morgan fingerprint density at radius 1 is 1.28 bits per heavy atom. The van der Waals surface area contributed by atoms with Crippen LogP contribution in [0.4, 0.5) is 11.5 Å². The van der Waals surface area contributed by atoms with Crippen molar-refractivity contribution in [2.24, 2.45) is 5.84 Å². The fraction of sp³-hybridized carbons (Fsp3) is 0. The van der Waals surface area contributed by atoms with E-state index in [-0.39, 0.29) is 11.6 Å². The van der Waals surface area contributed by atoms with Crippen LogP contribution in [-0.2, 0) is 0 Å². The third-order valence-corrected chi connectivity index (χ3v) is 2.03. The van der Waals surface area contributed by atoms with Gasteiger partial charge >= 0.3 is 0 Å². The molecule has 1 heterocycles. The molecule has 0 aliphatic rings. The number of nitrogens with one attached hydrogen (secondary N) is 1. The van der Waals surface area contributed by atoms with Crippen LogP contribution in [0.3, 0.4) is 0 Å². The molecule has 18 heavy (non-hydrogen) atoms. The lowest BCUT2D eigenvalue weighted by atomic mass is 10.3. The number of nitrogens with two attached hydrogens (primary N) is 1. The van der Waals surface area contributed by atoms with E-state index in [0.29, 0.717) is 11.6 Å². The minimum Gasteiger partial charge on any atom is -0.437 e. The first kappa shape index (κ1) is 11.7. The largest absolute Gasteiger partial charge is 0.437 e. The van der Waals surface area contributed by atoms with Gasteiger partial charge in [-0.3, -0.25) is 15.1 Å². The van der Waals surface area contributed by atoms with Gasteiger partial charge in [-0.25, -0.2) is 5.84 Å². The minimum atomic E-state index is -0.484. The monoisotopic (exact) mass is 247 g/mol. The van der Waals surface area contributed by atoms with Gasteiger partial charge in [-0.15, -0.1) is 0 Å². The molecule has 92 valence electrons. The SMILES string of the molecule is NNc1cncc(Oc2ccc([N+](=O)[O-])cc2)n1. The van der Waals surface area contributed by atoms with Crippen LogP contribution in [0.5, 0.6) is 11.6 Å². The molecule has 0 amide bonds. The average molecular weight is 247 g/mol. The van der Waals surface area contributed by atoms with E-state index in [1.54, 1.807) is 0 Å². The van der Waals surface area contributed by atoms with Crippen molar-refractivity contribution in [2.45, 2.75) is 0 Å². The summed E-state index contributed by atoms with van der Waals surface area (Å²) in [6, 6.07) is 5.63. The van der Waals surface area contributed by atoms with Gasteiger partial charge in [0.25, 0.3) is 5.69 Å². The molecule has 0 radical (unpaired) electrons. The van der Waals surface area contributed by atoms with E-state index >= 15 is 0 Å². The van der Waals surface area contributed by atoms with Gasteiger partial charge in [0.15, 0.2) is 5.82 Å². The van der Waals surface area contributed by atoms with Gasteiger partial charge in [-0.05, 0) is 12.1 Å². The van der Waals surface area contributed by atoms with Crippen LogP contribution in [-0.4, -0.2) is 14.9 Å². The number of hydrogen-bond donors (Lipinski definition) is 2. The van der Waals surface area contributed by atoms with Gasteiger partial charge in [-0.2, -0.15) is 4.98 Å². The van der Waals surface area contributed by atoms with Crippen molar-refractivity contribution < 1.29 is 9.66 Å². The summed E-state index contributed by atoms with van der Waals surface area (Å²) < 4.78 is 5.36. The number of nitro benzene ring substituents is 1. The second-order valence-corrected chi connectivity index (χ2v) is 3.24. The van der Waals surface area contributed by atoms with Gasteiger partial charge in [0.2, 0.25) is 5.88 Å². The summed E-state index contributed by atoms with van der Waals surface area (Å²) in [4.78, 5) is 17.8. The molecule has 0 aliphatic heterocycles. The first-order chi connectivity index (χ1) is 8.69. The summed E-state index contributed by atoms with van der Waals surface area (Å²) in [6.07, 6.45) is 2.84. The van der Waals surface area contributed by atoms with E-state index in [1.165, 1.54) is 36.7 Å². The van der Waals surface area contributed by atoms with Crippen molar-refractivity contribution in [3.05, 3.63) is 46.8 Å². The first-order valence-corrected chi connectivity index (χ1v) is 4.90. The molecule has 0 unspecified atom stereocenters. The quantitative estimate of drug-likeness (QED) is 0.477. The normalized spacial score (nSPS) is 9.83. The Labute approximate surface area is 102 Å². The van der Waals surface area contributed by atoms with Gasteiger partial charge in [-0.1, -0.05) is 0 Å². The summed E-state index contributed by atoms with van der Waals surface area (Å²) in [5.74, 6) is 6.19. The average Bonchev–Trinajstić information content (AvgIpc) is 2.39. The van der Waals surface area contributed by atoms with E-state index in [9.17, 15) is 10.1 Å². The molecule has 8 nitrogen and oxygen atoms in total. The fourth-order valence-corrected chi connectivity index (χ4v) is 1.22. The summed E-state index contributed by atoms with van der Waals surface area (Å²) >= 11 is 0. The number of hydrogen-bond acceptors (Lipinski definition) is 7. The van der Waals surface area contributed by atoms with Crippen LogP contribution in [0, 0.1) is 10.1 Å². The van der Waals surface area contributed by atoms with E-state index in [4.69, 9.17) is 10.6 Å². The Morgan fingerprint density at radius 2 is 2.00 bits per heavy atom. The second kappa shape index (κ2) is 5.06. The Balaban J connectivity index is 2.15. The number of nitro groups is 1. The highest BCUT2D eigenvalue weighted by Gasteiger charge is 2.06. The third kappa shape index (κ3) is 2.68. The second-order valence-electron chi connectivity index (χ2n) is 3.24. The topological polar surface area (TPSA) is 116 Å². The molecule has 8 heteroatoms. The maximum absolute atomic E-state index is 10.5. The number of non-ortho nitro benzene ring substituents is 1. The van der Waals surface area contributed by atoms with Crippen molar-refractivity contribution in [1.29, 1.82) is 0 Å². The zero-order valence-electron chi connectivity index (χ0n) is 9.11. The maximum atomic E-state index is 10.5. The molecule has 1 aromatic heterocycles. The van der Waals surface area contributed by atoms with Gasteiger partial charge < -0.3 is 10.2 Å². The molecule has 0 bridgehead atoms. The van der Waals surface area contributed by atoms with Crippen LogP contribution < -0.4 is 16.0 Å². The molecule has 1 aromatic carbocycles. The lowest BCUT2D eigenvalue weighted by molar-refractivity contribution is -0.384. The highest BCUT2D eigenvalue weighted by molar-refractivity contribution is 5.38. The molecule has 0 spiro atoms. The van der Waals surface area contributed by atoms with Crippen LogP contribution >= 0.6 is 0 Å². The van der Waals surface area contributed by atoms with E-state index in [1.807, 2.05) is 0 Å². The Morgan fingerprint density at radius 3 is 2.61 bits per heavy atom. The molecule has 0 atom stereocenters. The zero-order valence-corrected chi connectivity index (χ0v) is 9.11. The summed E-state index contributed by atoms with van der Waals surface area (Å²) in [5.41, 5.74) is 2.33. The zero-order chi connectivity index (χ0) is 13.0. The third-order valence-electron chi connectivity index (χ3n) is 2.03. The number of anilines is 1. The standard InChI is InChI=1S/C10H9N5O3/c11-14-9-5-12-6-10(13-9)18-8-3-1-7(2-4-8)15(16)17/h1-6H,11H2,(H,13,14). The number of nitrogens with zero attached hydrogens (tertiary/aromatic N) is 3. The van der Waals surface area contributed by atoms with Crippen LogP contribution in [0.15, 0.2) is 36.7 Å². The molecule has 0 fully saturated rings. The lowest BCUT2D eigenvalue weighted by Gasteiger charge is -2.05. The van der Waals surface area contributed by atoms with Crippen molar-refractivity contribution >= 4 is 11.5 Å². The number of ether oxygens (including phenoxy) is 1. The predicted octanol–water partition coefficient (Wildman–Crippen LogP) is 1.46. The van der Waals surface area contributed by atoms with Crippen molar-refractivity contribution in [2.75, 3.05) is 5.43 Å². The molecule has 0 saturated heterocycles. The van der Waals surface area contributed by atoms with Gasteiger partial charge in [0, 0.05) is 12.1 Å².